The van der Waals surface area contributed by atoms with Crippen molar-refractivity contribution in [2.45, 2.75) is 0 Å². The van der Waals surface area contributed by atoms with Crippen LogP contribution in [-0.2, 0) is 4.74 Å². The van der Waals surface area contributed by atoms with Crippen LogP contribution in [0.3, 0.4) is 0 Å². The number of halogens is 1. The van der Waals surface area contributed by atoms with E-state index in [1.54, 1.807) is 12.3 Å². The zero-order valence-corrected chi connectivity index (χ0v) is 18.0. The molecule has 0 spiro atoms. The second-order valence-corrected chi connectivity index (χ2v) is 8.13. The first-order chi connectivity index (χ1) is 15.0. The third-order valence-electron chi connectivity index (χ3n) is 5.06. The van der Waals surface area contributed by atoms with Gasteiger partial charge in [0.2, 0.25) is 0 Å². The average molecular weight is 520 g/mol. The number of aromatic nitrogens is 1. The summed E-state index contributed by atoms with van der Waals surface area (Å²) in [5.74, 6) is -1.84. The molecule has 1 aliphatic rings. The van der Waals surface area contributed by atoms with E-state index in [1.807, 2.05) is 42.5 Å². The number of ether oxygens (including phenoxy) is 1. The number of carbonyl (C=O) groups is 3. The number of hydrogen-bond acceptors (Lipinski definition) is 5. The summed E-state index contributed by atoms with van der Waals surface area (Å²) in [6.07, 6.45) is 1.77. The van der Waals surface area contributed by atoms with Crippen LogP contribution in [0, 0.1) is 3.57 Å². The van der Waals surface area contributed by atoms with E-state index in [-0.39, 0.29) is 16.7 Å². The van der Waals surface area contributed by atoms with E-state index in [9.17, 15) is 14.4 Å². The molecule has 31 heavy (non-hydrogen) atoms. The molecular weight excluding hydrogens is 507 g/mol. The predicted molar refractivity (Wildman–Crippen MR) is 124 cm³/mol. The molecule has 2 heterocycles. The molecular formula is C24H13IN2O4. The van der Waals surface area contributed by atoms with Crippen molar-refractivity contribution in [3.05, 3.63) is 93.2 Å². The number of rotatable bonds is 3. The van der Waals surface area contributed by atoms with Gasteiger partial charge in [0.05, 0.1) is 16.8 Å². The van der Waals surface area contributed by atoms with E-state index in [0.717, 1.165) is 25.6 Å². The number of fused-ring (bicyclic) bond motifs is 2. The molecule has 3 aromatic carbocycles. The van der Waals surface area contributed by atoms with Crippen LogP contribution in [0.2, 0.25) is 0 Å². The normalized spacial score (nSPS) is 12.5. The predicted octanol–water partition coefficient (Wildman–Crippen LogP) is 5.07. The first-order valence-electron chi connectivity index (χ1n) is 9.37. The summed E-state index contributed by atoms with van der Waals surface area (Å²) in [6.45, 7) is 0. The fourth-order valence-electron chi connectivity index (χ4n) is 3.55. The number of amides is 1. The largest absolute Gasteiger partial charge is 0.386 e. The highest BCUT2D eigenvalue weighted by Gasteiger charge is 2.30. The summed E-state index contributed by atoms with van der Waals surface area (Å²) in [4.78, 5) is 40.7. The highest BCUT2D eigenvalue weighted by Crippen LogP contribution is 2.32. The minimum Gasteiger partial charge on any atom is -0.386 e. The second kappa shape index (κ2) is 7.59. The van der Waals surface area contributed by atoms with Crippen molar-refractivity contribution in [3.8, 4) is 11.3 Å². The van der Waals surface area contributed by atoms with Crippen molar-refractivity contribution < 1.29 is 19.1 Å². The van der Waals surface area contributed by atoms with E-state index in [0.29, 0.717) is 5.69 Å². The zero-order chi connectivity index (χ0) is 21.5. The molecule has 0 saturated heterocycles. The molecule has 0 unspecified atom stereocenters. The monoisotopic (exact) mass is 520 g/mol. The molecule has 6 nitrogen and oxygen atoms in total. The summed E-state index contributed by atoms with van der Waals surface area (Å²) in [7, 11) is 0. The van der Waals surface area contributed by atoms with Gasteiger partial charge in [0, 0.05) is 32.0 Å². The van der Waals surface area contributed by atoms with Gasteiger partial charge < -0.3 is 10.1 Å². The standard InChI is InChI=1S/C24H13IN2O4/c25-20-8-6-15(12-19(20)21-16-4-2-1-3-13(16)9-10-26-21)27-22(28)14-5-7-17-18(11-14)24(30)31-23(17)29/h1-12H,(H,27,28). The van der Waals surface area contributed by atoms with Gasteiger partial charge in [-0.2, -0.15) is 0 Å². The fourth-order valence-corrected chi connectivity index (χ4v) is 4.14. The third-order valence-corrected chi connectivity index (χ3v) is 6.00. The molecule has 0 radical (unpaired) electrons. The first kappa shape index (κ1) is 19.4. The van der Waals surface area contributed by atoms with Crippen LogP contribution in [0.25, 0.3) is 22.0 Å². The van der Waals surface area contributed by atoms with Gasteiger partial charge in [-0.05, 0) is 70.4 Å². The Bertz CT molecular complexity index is 1410. The van der Waals surface area contributed by atoms with Gasteiger partial charge in [-0.1, -0.05) is 24.3 Å². The lowest BCUT2D eigenvalue weighted by Crippen LogP contribution is -2.13. The van der Waals surface area contributed by atoms with Gasteiger partial charge in [0.15, 0.2) is 0 Å². The van der Waals surface area contributed by atoms with Crippen molar-refractivity contribution in [1.29, 1.82) is 0 Å². The number of anilines is 1. The molecule has 150 valence electrons. The van der Waals surface area contributed by atoms with Gasteiger partial charge in [-0.15, -0.1) is 0 Å². The van der Waals surface area contributed by atoms with Crippen LogP contribution in [-0.4, -0.2) is 22.8 Å². The highest BCUT2D eigenvalue weighted by molar-refractivity contribution is 14.1. The number of carbonyl (C=O) groups excluding carboxylic acids is 3. The maximum atomic E-state index is 12.8. The number of nitrogens with zero attached hydrogens (tertiary/aromatic N) is 1. The van der Waals surface area contributed by atoms with Crippen LogP contribution < -0.4 is 5.32 Å². The van der Waals surface area contributed by atoms with Gasteiger partial charge in [0.1, 0.15) is 0 Å². The lowest BCUT2D eigenvalue weighted by molar-refractivity contribution is 0.0443. The SMILES string of the molecule is O=C(Nc1ccc(I)c(-c2nccc3ccccc23)c1)c1ccc2c(c1)C(=O)OC2=O. The van der Waals surface area contributed by atoms with Crippen molar-refractivity contribution in [3.63, 3.8) is 0 Å². The molecule has 0 saturated carbocycles. The minimum absolute atomic E-state index is 0.0981. The van der Waals surface area contributed by atoms with Gasteiger partial charge in [-0.3, -0.25) is 9.78 Å². The fraction of sp³-hybridized carbons (Fsp3) is 0. The summed E-state index contributed by atoms with van der Waals surface area (Å²) >= 11 is 2.25. The van der Waals surface area contributed by atoms with Crippen LogP contribution in [0.5, 0.6) is 0 Å². The Kier molecular flexibility index (Phi) is 4.74. The molecule has 0 aliphatic carbocycles. The molecule has 1 aromatic heterocycles. The number of benzene rings is 3. The molecule has 1 N–H and O–H groups in total. The number of nitrogens with one attached hydrogen (secondary N) is 1. The van der Waals surface area contributed by atoms with Crippen molar-refractivity contribution in [1.82, 2.24) is 4.98 Å². The van der Waals surface area contributed by atoms with E-state index in [2.05, 4.69) is 37.6 Å². The summed E-state index contributed by atoms with van der Waals surface area (Å²) < 4.78 is 5.58. The molecule has 0 fully saturated rings. The lowest BCUT2D eigenvalue weighted by Gasteiger charge is -2.11. The Morgan fingerprint density at radius 3 is 2.55 bits per heavy atom. The molecule has 0 bridgehead atoms. The topological polar surface area (TPSA) is 85.4 Å². The van der Waals surface area contributed by atoms with E-state index < -0.39 is 17.8 Å². The Hall–Kier alpha value is -3.59. The number of pyridine rings is 1. The van der Waals surface area contributed by atoms with E-state index in [1.165, 1.54) is 18.2 Å². The molecule has 1 amide bonds. The third kappa shape index (κ3) is 3.46. The number of cyclic esters (lactones) is 2. The highest BCUT2D eigenvalue weighted by atomic mass is 127. The quantitative estimate of drug-likeness (QED) is 0.232. The molecule has 0 atom stereocenters. The van der Waals surface area contributed by atoms with Crippen molar-refractivity contribution in [2.24, 2.45) is 0 Å². The average Bonchev–Trinajstić information content (AvgIpc) is 3.07. The van der Waals surface area contributed by atoms with Gasteiger partial charge >= 0.3 is 11.9 Å². The molecule has 4 aromatic rings. The Labute approximate surface area is 190 Å². The summed E-state index contributed by atoms with van der Waals surface area (Å²) in [5, 5.41) is 4.96. The maximum absolute atomic E-state index is 12.8. The zero-order valence-electron chi connectivity index (χ0n) is 15.9. The van der Waals surface area contributed by atoms with Gasteiger partial charge in [-0.25, -0.2) is 9.59 Å². The van der Waals surface area contributed by atoms with Crippen LogP contribution >= 0.6 is 22.6 Å². The maximum Gasteiger partial charge on any atom is 0.346 e. The molecule has 1 aliphatic heterocycles. The summed E-state index contributed by atoms with van der Waals surface area (Å²) in [6, 6.07) is 19.8. The Morgan fingerprint density at radius 1 is 0.871 bits per heavy atom. The van der Waals surface area contributed by atoms with Crippen molar-refractivity contribution >= 4 is 56.9 Å². The first-order valence-corrected chi connectivity index (χ1v) is 10.4. The van der Waals surface area contributed by atoms with E-state index >= 15 is 0 Å². The van der Waals surface area contributed by atoms with E-state index in [4.69, 9.17) is 0 Å². The summed E-state index contributed by atoms with van der Waals surface area (Å²) in [5.41, 5.74) is 2.85. The second-order valence-electron chi connectivity index (χ2n) is 6.97. The van der Waals surface area contributed by atoms with Crippen LogP contribution in [0.4, 0.5) is 5.69 Å². The van der Waals surface area contributed by atoms with Crippen LogP contribution in [0.15, 0.2) is 72.9 Å². The number of esters is 2. The number of hydrogen-bond donors (Lipinski definition) is 1. The van der Waals surface area contributed by atoms with Crippen LogP contribution in [0.1, 0.15) is 31.1 Å². The molecule has 5 rings (SSSR count). The lowest BCUT2D eigenvalue weighted by atomic mass is 10.0. The smallest absolute Gasteiger partial charge is 0.346 e. The minimum atomic E-state index is -0.742. The Morgan fingerprint density at radius 2 is 1.68 bits per heavy atom. The van der Waals surface area contributed by atoms with Crippen molar-refractivity contribution in [2.75, 3.05) is 5.32 Å². The van der Waals surface area contributed by atoms with Gasteiger partial charge in [0.25, 0.3) is 5.91 Å². The molecule has 7 heteroatoms. The Balaban J connectivity index is 1.49.